The molecule has 0 aliphatic carbocycles. The lowest BCUT2D eigenvalue weighted by molar-refractivity contribution is 0.00284. The number of morpholine rings is 1. The maximum atomic E-state index is 5.62. The standard InChI is InChI=1S/C7H14ClNO.ClH/c1-7-6-10-5-4-9(7)3-2-8;/h7H,2-6H2,1H3;1H. The van der Waals surface area contributed by atoms with Crippen LogP contribution in [0.25, 0.3) is 0 Å². The molecule has 68 valence electrons. The second-order valence-electron chi connectivity index (χ2n) is 2.65. The molecular weight excluding hydrogens is 185 g/mol. The van der Waals surface area contributed by atoms with Gasteiger partial charge in [-0.25, -0.2) is 0 Å². The minimum Gasteiger partial charge on any atom is -0.379 e. The van der Waals surface area contributed by atoms with E-state index in [4.69, 9.17) is 16.3 Å². The van der Waals surface area contributed by atoms with Crippen LogP contribution in [0.5, 0.6) is 0 Å². The van der Waals surface area contributed by atoms with Crippen LogP contribution in [0.1, 0.15) is 6.92 Å². The highest BCUT2D eigenvalue weighted by Crippen LogP contribution is 2.04. The molecule has 1 heterocycles. The third kappa shape index (κ3) is 3.61. The van der Waals surface area contributed by atoms with Gasteiger partial charge >= 0.3 is 0 Å². The molecule has 1 atom stereocenters. The van der Waals surface area contributed by atoms with Gasteiger partial charge in [0.1, 0.15) is 0 Å². The Morgan fingerprint density at radius 2 is 2.36 bits per heavy atom. The highest BCUT2D eigenvalue weighted by molar-refractivity contribution is 6.18. The highest BCUT2D eigenvalue weighted by Gasteiger charge is 2.16. The topological polar surface area (TPSA) is 12.5 Å². The van der Waals surface area contributed by atoms with E-state index in [-0.39, 0.29) is 12.4 Å². The number of hydrogen-bond donors (Lipinski definition) is 0. The molecule has 0 N–H and O–H groups in total. The summed E-state index contributed by atoms with van der Waals surface area (Å²) in [7, 11) is 0. The van der Waals surface area contributed by atoms with Gasteiger partial charge in [-0.2, -0.15) is 0 Å². The Bertz CT molecular complexity index is 100. The Balaban J connectivity index is 0.000001000. The van der Waals surface area contributed by atoms with E-state index in [9.17, 15) is 0 Å². The molecule has 0 amide bonds. The van der Waals surface area contributed by atoms with E-state index in [1.807, 2.05) is 0 Å². The van der Waals surface area contributed by atoms with Gasteiger partial charge < -0.3 is 4.74 Å². The SMILES string of the molecule is CC1COCCN1CCCl.Cl. The molecule has 0 radical (unpaired) electrons. The first-order valence-electron chi connectivity index (χ1n) is 3.72. The van der Waals surface area contributed by atoms with Gasteiger partial charge in [0.25, 0.3) is 0 Å². The van der Waals surface area contributed by atoms with Crippen LogP contribution in [0.3, 0.4) is 0 Å². The normalized spacial score (nSPS) is 26.2. The summed E-state index contributed by atoms with van der Waals surface area (Å²) in [4.78, 5) is 2.36. The number of nitrogens with zero attached hydrogens (tertiary/aromatic N) is 1. The van der Waals surface area contributed by atoms with E-state index < -0.39 is 0 Å². The third-order valence-electron chi connectivity index (χ3n) is 1.88. The largest absolute Gasteiger partial charge is 0.379 e. The Hall–Kier alpha value is 0.500. The maximum absolute atomic E-state index is 5.62. The Labute approximate surface area is 79.3 Å². The summed E-state index contributed by atoms with van der Waals surface area (Å²) in [6, 6.07) is 0.549. The lowest BCUT2D eigenvalue weighted by Crippen LogP contribution is -2.44. The van der Waals surface area contributed by atoms with Crippen molar-refractivity contribution in [2.75, 3.05) is 32.2 Å². The van der Waals surface area contributed by atoms with Gasteiger partial charge in [-0.15, -0.1) is 24.0 Å². The molecule has 1 fully saturated rings. The molecule has 1 saturated heterocycles. The van der Waals surface area contributed by atoms with Crippen LogP contribution in [0.2, 0.25) is 0 Å². The Morgan fingerprint density at radius 1 is 1.64 bits per heavy atom. The maximum Gasteiger partial charge on any atom is 0.0619 e. The van der Waals surface area contributed by atoms with Gasteiger partial charge in [-0.3, -0.25) is 4.90 Å². The molecule has 2 nitrogen and oxygen atoms in total. The van der Waals surface area contributed by atoms with Crippen molar-refractivity contribution in [2.24, 2.45) is 0 Å². The highest BCUT2D eigenvalue weighted by atomic mass is 35.5. The van der Waals surface area contributed by atoms with E-state index >= 15 is 0 Å². The number of alkyl halides is 1. The van der Waals surface area contributed by atoms with Gasteiger partial charge in [0.05, 0.1) is 13.2 Å². The first-order valence-corrected chi connectivity index (χ1v) is 4.26. The third-order valence-corrected chi connectivity index (χ3v) is 2.05. The van der Waals surface area contributed by atoms with Crippen molar-refractivity contribution in [3.05, 3.63) is 0 Å². The number of rotatable bonds is 2. The molecule has 0 aromatic carbocycles. The van der Waals surface area contributed by atoms with E-state index in [0.29, 0.717) is 6.04 Å². The first kappa shape index (κ1) is 11.5. The monoisotopic (exact) mass is 199 g/mol. The van der Waals surface area contributed by atoms with Crippen LogP contribution in [0.15, 0.2) is 0 Å². The van der Waals surface area contributed by atoms with Crippen molar-refractivity contribution >= 4 is 24.0 Å². The van der Waals surface area contributed by atoms with Crippen LogP contribution < -0.4 is 0 Å². The van der Waals surface area contributed by atoms with Crippen LogP contribution in [0, 0.1) is 0 Å². The lowest BCUT2D eigenvalue weighted by Gasteiger charge is -2.32. The minimum atomic E-state index is 0. The van der Waals surface area contributed by atoms with Crippen LogP contribution in [-0.4, -0.2) is 43.1 Å². The van der Waals surface area contributed by atoms with Crippen molar-refractivity contribution in [1.29, 1.82) is 0 Å². The van der Waals surface area contributed by atoms with Crippen LogP contribution in [-0.2, 0) is 4.74 Å². The molecule has 0 bridgehead atoms. The average molecular weight is 200 g/mol. The molecule has 1 rings (SSSR count). The van der Waals surface area contributed by atoms with Gasteiger partial charge in [0.15, 0.2) is 0 Å². The summed E-state index contributed by atoms with van der Waals surface area (Å²) >= 11 is 5.62. The fourth-order valence-corrected chi connectivity index (χ4v) is 1.42. The molecule has 4 heteroatoms. The first-order chi connectivity index (χ1) is 4.84. The van der Waals surface area contributed by atoms with Crippen molar-refractivity contribution < 1.29 is 4.74 Å². The fourth-order valence-electron chi connectivity index (χ4n) is 1.20. The smallest absolute Gasteiger partial charge is 0.0619 e. The van der Waals surface area contributed by atoms with Gasteiger partial charge in [-0.05, 0) is 6.92 Å². The average Bonchev–Trinajstić information content (AvgIpc) is 1.94. The summed E-state index contributed by atoms with van der Waals surface area (Å²) in [5.74, 6) is 0.727. The Kier molecular flexibility index (Phi) is 6.34. The van der Waals surface area contributed by atoms with E-state index in [2.05, 4.69) is 11.8 Å². The molecule has 1 aliphatic rings. The number of halogens is 2. The van der Waals surface area contributed by atoms with Gasteiger partial charge in [-0.1, -0.05) is 0 Å². The van der Waals surface area contributed by atoms with Crippen LogP contribution >= 0.6 is 24.0 Å². The van der Waals surface area contributed by atoms with Crippen molar-refractivity contribution in [3.63, 3.8) is 0 Å². The molecule has 1 unspecified atom stereocenters. The zero-order chi connectivity index (χ0) is 7.40. The molecular formula is C7H15Cl2NO. The van der Waals surface area contributed by atoms with Crippen molar-refractivity contribution in [3.8, 4) is 0 Å². The van der Waals surface area contributed by atoms with E-state index in [0.717, 1.165) is 32.2 Å². The van der Waals surface area contributed by atoms with Gasteiger partial charge in [0, 0.05) is 25.0 Å². The summed E-state index contributed by atoms with van der Waals surface area (Å²) in [6.45, 7) is 5.92. The lowest BCUT2D eigenvalue weighted by atomic mass is 10.2. The minimum absolute atomic E-state index is 0. The molecule has 0 aromatic heterocycles. The second kappa shape index (κ2) is 6.06. The predicted molar refractivity (Wildman–Crippen MR) is 49.8 cm³/mol. The summed E-state index contributed by atoms with van der Waals surface area (Å²) in [5, 5.41) is 0. The van der Waals surface area contributed by atoms with E-state index in [1.165, 1.54) is 0 Å². The summed E-state index contributed by atoms with van der Waals surface area (Å²) in [6.07, 6.45) is 0. The van der Waals surface area contributed by atoms with Crippen molar-refractivity contribution in [1.82, 2.24) is 4.90 Å². The second-order valence-corrected chi connectivity index (χ2v) is 3.03. The number of hydrogen-bond acceptors (Lipinski definition) is 2. The van der Waals surface area contributed by atoms with E-state index in [1.54, 1.807) is 0 Å². The zero-order valence-corrected chi connectivity index (χ0v) is 8.33. The fraction of sp³-hybridized carbons (Fsp3) is 1.00. The molecule has 1 aliphatic heterocycles. The predicted octanol–water partition coefficient (Wildman–Crippen LogP) is 1.37. The summed E-state index contributed by atoms with van der Waals surface area (Å²) in [5.41, 5.74) is 0. The molecule has 0 spiro atoms. The van der Waals surface area contributed by atoms with Gasteiger partial charge in [0.2, 0.25) is 0 Å². The number of ether oxygens (including phenoxy) is 1. The van der Waals surface area contributed by atoms with Crippen molar-refractivity contribution in [2.45, 2.75) is 13.0 Å². The molecule has 0 aromatic rings. The Morgan fingerprint density at radius 3 is 2.91 bits per heavy atom. The molecule has 11 heavy (non-hydrogen) atoms. The quantitative estimate of drug-likeness (QED) is 0.624. The molecule has 0 saturated carbocycles. The zero-order valence-electron chi connectivity index (χ0n) is 6.75. The summed E-state index contributed by atoms with van der Waals surface area (Å²) < 4.78 is 5.27. The van der Waals surface area contributed by atoms with Crippen LogP contribution in [0.4, 0.5) is 0 Å².